The van der Waals surface area contributed by atoms with Gasteiger partial charge >= 0.3 is 0 Å². The first kappa shape index (κ1) is 20.9. The quantitative estimate of drug-likeness (QED) is 0.711. The van der Waals surface area contributed by atoms with Gasteiger partial charge in [-0.1, -0.05) is 6.92 Å². The number of amides is 3. The molecule has 2 aromatic rings. The zero-order chi connectivity index (χ0) is 21.3. The maximum Gasteiger partial charge on any atom is 0.293 e. The van der Waals surface area contributed by atoms with Crippen molar-refractivity contribution in [2.24, 2.45) is 0 Å². The van der Waals surface area contributed by atoms with Crippen LogP contribution in [0.2, 0.25) is 0 Å². The van der Waals surface area contributed by atoms with Gasteiger partial charge in [0, 0.05) is 35.7 Å². The minimum Gasteiger partial charge on any atom is -0.326 e. The fourth-order valence-electron chi connectivity index (χ4n) is 3.41. The van der Waals surface area contributed by atoms with Gasteiger partial charge in [0.05, 0.1) is 4.91 Å². The lowest BCUT2D eigenvalue weighted by Crippen LogP contribution is -2.36. The van der Waals surface area contributed by atoms with E-state index in [1.54, 1.807) is 6.08 Å². The van der Waals surface area contributed by atoms with Crippen molar-refractivity contribution in [3.8, 4) is 5.69 Å². The summed E-state index contributed by atoms with van der Waals surface area (Å²) in [4.78, 5) is 38.0. The van der Waals surface area contributed by atoms with Crippen molar-refractivity contribution in [2.45, 2.75) is 47.1 Å². The highest BCUT2D eigenvalue weighted by Crippen LogP contribution is 2.35. The first-order valence-corrected chi connectivity index (χ1v) is 10.4. The number of hydrogen-bond donors (Lipinski definition) is 1. The maximum atomic E-state index is 12.7. The Balaban J connectivity index is 1.92. The van der Waals surface area contributed by atoms with E-state index in [0.717, 1.165) is 46.5 Å². The van der Waals surface area contributed by atoms with Crippen LogP contribution >= 0.6 is 11.8 Å². The van der Waals surface area contributed by atoms with Crippen molar-refractivity contribution in [1.29, 1.82) is 0 Å². The van der Waals surface area contributed by atoms with Crippen LogP contribution in [0.1, 0.15) is 44.1 Å². The summed E-state index contributed by atoms with van der Waals surface area (Å²) in [7, 11) is 0. The first-order chi connectivity index (χ1) is 13.7. The van der Waals surface area contributed by atoms with Crippen LogP contribution in [0.25, 0.3) is 11.8 Å². The van der Waals surface area contributed by atoms with Crippen LogP contribution in [0, 0.1) is 13.8 Å². The molecular formula is C22H25N3O3S. The summed E-state index contributed by atoms with van der Waals surface area (Å²) in [6.07, 6.45) is 2.53. The Morgan fingerprint density at radius 2 is 1.86 bits per heavy atom. The van der Waals surface area contributed by atoms with E-state index in [9.17, 15) is 14.4 Å². The average Bonchev–Trinajstić information content (AvgIpc) is 3.10. The van der Waals surface area contributed by atoms with E-state index in [0.29, 0.717) is 4.91 Å². The van der Waals surface area contributed by atoms with Crippen molar-refractivity contribution in [3.63, 3.8) is 0 Å². The van der Waals surface area contributed by atoms with Crippen molar-refractivity contribution < 1.29 is 14.4 Å². The maximum absolute atomic E-state index is 12.7. The minimum atomic E-state index is -0.223. The Kier molecular flexibility index (Phi) is 5.98. The second-order valence-corrected chi connectivity index (χ2v) is 8.19. The van der Waals surface area contributed by atoms with Crippen LogP contribution in [0.15, 0.2) is 35.2 Å². The van der Waals surface area contributed by atoms with E-state index >= 15 is 0 Å². The molecule has 0 bridgehead atoms. The summed E-state index contributed by atoms with van der Waals surface area (Å²) >= 11 is 0.997. The monoisotopic (exact) mass is 411 g/mol. The minimum absolute atomic E-state index is 0.108. The summed E-state index contributed by atoms with van der Waals surface area (Å²) in [5.74, 6) is -0.335. The fourth-order valence-corrected chi connectivity index (χ4v) is 4.33. The molecular weight excluding hydrogens is 386 g/mol. The topological polar surface area (TPSA) is 71.4 Å². The molecule has 1 atom stereocenters. The van der Waals surface area contributed by atoms with Crippen LogP contribution in [0.3, 0.4) is 0 Å². The molecule has 1 saturated heterocycles. The van der Waals surface area contributed by atoms with Crippen LogP contribution in [-0.2, 0) is 9.59 Å². The smallest absolute Gasteiger partial charge is 0.293 e. The highest BCUT2D eigenvalue weighted by atomic mass is 32.2. The van der Waals surface area contributed by atoms with Gasteiger partial charge in [-0.05, 0) is 80.9 Å². The third-order valence-corrected chi connectivity index (χ3v) is 5.94. The number of carbonyl (C=O) groups excluding carboxylic acids is 3. The Hall–Kier alpha value is -2.80. The zero-order valence-electron chi connectivity index (χ0n) is 17.3. The van der Waals surface area contributed by atoms with Crippen molar-refractivity contribution in [2.75, 3.05) is 5.32 Å². The number of carbonyl (C=O) groups is 3. The lowest BCUT2D eigenvalue weighted by atomic mass is 10.2. The summed E-state index contributed by atoms with van der Waals surface area (Å²) < 4.78 is 2.09. The van der Waals surface area contributed by atoms with Gasteiger partial charge in [0.15, 0.2) is 0 Å². The molecule has 1 fully saturated rings. The van der Waals surface area contributed by atoms with Crippen molar-refractivity contribution in [3.05, 3.63) is 52.2 Å². The van der Waals surface area contributed by atoms with Gasteiger partial charge in [-0.3, -0.25) is 19.3 Å². The predicted octanol–water partition coefficient (Wildman–Crippen LogP) is 4.89. The summed E-state index contributed by atoms with van der Waals surface area (Å²) in [6.45, 7) is 9.30. The summed E-state index contributed by atoms with van der Waals surface area (Å²) in [5.41, 5.74) is 4.60. The normalized spacial score (nSPS) is 16.6. The number of benzene rings is 1. The Morgan fingerprint density at radius 3 is 2.45 bits per heavy atom. The lowest BCUT2D eigenvalue weighted by molar-refractivity contribution is -0.124. The van der Waals surface area contributed by atoms with E-state index in [2.05, 4.69) is 9.88 Å². The molecule has 3 amide bonds. The second-order valence-electron chi connectivity index (χ2n) is 7.20. The van der Waals surface area contributed by atoms with Crippen LogP contribution < -0.4 is 5.32 Å². The van der Waals surface area contributed by atoms with E-state index < -0.39 is 0 Å². The van der Waals surface area contributed by atoms with Crippen LogP contribution in [-0.4, -0.2) is 32.6 Å². The van der Waals surface area contributed by atoms with E-state index in [1.165, 1.54) is 11.8 Å². The molecule has 0 spiro atoms. The van der Waals surface area contributed by atoms with Gasteiger partial charge in [-0.25, -0.2) is 0 Å². The summed E-state index contributed by atoms with van der Waals surface area (Å²) in [5, 5.41) is 2.55. The van der Waals surface area contributed by atoms with Gasteiger partial charge in [0.25, 0.3) is 11.1 Å². The largest absolute Gasteiger partial charge is 0.326 e. The molecule has 1 aliphatic rings. The molecule has 0 radical (unpaired) electrons. The molecule has 6 nitrogen and oxygen atoms in total. The SMILES string of the molecule is CC[C@H](C)N1C(=O)S/C(=C/c2cc(C)n(-c3ccc(NC(C)=O)cc3)c2C)C1=O. The zero-order valence-corrected chi connectivity index (χ0v) is 18.1. The number of nitrogens with one attached hydrogen (secondary N) is 1. The number of thioether (sulfide) groups is 1. The van der Waals surface area contributed by atoms with Gasteiger partial charge in [-0.2, -0.15) is 0 Å². The van der Waals surface area contributed by atoms with Gasteiger partial charge in [0.2, 0.25) is 5.91 Å². The molecule has 152 valence electrons. The highest BCUT2D eigenvalue weighted by molar-refractivity contribution is 8.18. The van der Waals surface area contributed by atoms with E-state index in [-0.39, 0.29) is 23.1 Å². The third-order valence-electron chi connectivity index (χ3n) is 5.06. The third kappa shape index (κ3) is 4.15. The fraction of sp³-hybridized carbons (Fsp3) is 0.318. The molecule has 3 rings (SSSR count). The Bertz CT molecular complexity index is 1010. The number of aromatic nitrogens is 1. The van der Waals surface area contributed by atoms with Gasteiger partial charge in [-0.15, -0.1) is 0 Å². The van der Waals surface area contributed by atoms with Crippen LogP contribution in [0.4, 0.5) is 10.5 Å². The van der Waals surface area contributed by atoms with E-state index in [1.807, 2.05) is 58.0 Å². The van der Waals surface area contributed by atoms with Gasteiger partial charge < -0.3 is 9.88 Å². The molecule has 0 aliphatic carbocycles. The second kappa shape index (κ2) is 8.29. The average molecular weight is 412 g/mol. The van der Waals surface area contributed by atoms with Crippen molar-refractivity contribution in [1.82, 2.24) is 9.47 Å². The molecule has 2 heterocycles. The molecule has 29 heavy (non-hydrogen) atoms. The van der Waals surface area contributed by atoms with Crippen LogP contribution in [0.5, 0.6) is 0 Å². The standard InChI is InChI=1S/C22H25N3O3S/c1-6-13(2)25-21(27)20(29-22(25)28)12-17-11-14(3)24(15(17)4)19-9-7-18(8-10-19)23-16(5)26/h7-13H,6H2,1-5H3,(H,23,26)/b20-12+/t13-/m0/s1. The highest BCUT2D eigenvalue weighted by Gasteiger charge is 2.37. The predicted molar refractivity (Wildman–Crippen MR) is 117 cm³/mol. The Morgan fingerprint density at radius 1 is 1.21 bits per heavy atom. The lowest BCUT2D eigenvalue weighted by Gasteiger charge is -2.19. The molecule has 1 aromatic heterocycles. The van der Waals surface area contributed by atoms with Crippen molar-refractivity contribution >= 4 is 40.6 Å². The number of nitrogens with zero attached hydrogens (tertiary/aromatic N) is 2. The molecule has 0 unspecified atom stereocenters. The van der Waals surface area contributed by atoms with Gasteiger partial charge in [0.1, 0.15) is 0 Å². The van der Waals surface area contributed by atoms with E-state index in [4.69, 9.17) is 0 Å². The molecule has 1 aromatic carbocycles. The number of hydrogen-bond acceptors (Lipinski definition) is 4. The number of rotatable bonds is 5. The first-order valence-electron chi connectivity index (χ1n) is 9.57. The molecule has 1 aliphatic heterocycles. The number of imide groups is 1. The number of anilines is 1. The molecule has 1 N–H and O–H groups in total. The molecule has 0 saturated carbocycles. The summed E-state index contributed by atoms with van der Waals surface area (Å²) in [6, 6.07) is 9.48. The Labute approximate surface area is 175 Å². The number of aryl methyl sites for hydroxylation is 1. The molecule has 7 heteroatoms.